The minimum atomic E-state index is -0.230. The number of aromatic nitrogens is 3. The van der Waals surface area contributed by atoms with E-state index >= 15 is 0 Å². The lowest BCUT2D eigenvalue weighted by Gasteiger charge is -2.26. The number of rotatable bonds is 5. The van der Waals surface area contributed by atoms with Gasteiger partial charge in [0.15, 0.2) is 11.8 Å². The number of hydrogen-bond donors (Lipinski definition) is 2. The van der Waals surface area contributed by atoms with Gasteiger partial charge in [0.25, 0.3) is 0 Å². The van der Waals surface area contributed by atoms with Crippen molar-refractivity contribution >= 4 is 5.96 Å². The van der Waals surface area contributed by atoms with E-state index in [2.05, 4.69) is 44.2 Å². The summed E-state index contributed by atoms with van der Waals surface area (Å²) < 4.78 is 15.8. The third-order valence-corrected chi connectivity index (χ3v) is 5.13. The zero-order valence-electron chi connectivity index (χ0n) is 16.4. The molecule has 146 valence electrons. The van der Waals surface area contributed by atoms with E-state index in [4.69, 9.17) is 0 Å². The number of aliphatic imine (C=N–C) groups is 1. The molecule has 0 amide bonds. The van der Waals surface area contributed by atoms with Gasteiger partial charge in [0.2, 0.25) is 0 Å². The van der Waals surface area contributed by atoms with Crippen LogP contribution in [0.3, 0.4) is 0 Å². The second kappa shape index (κ2) is 8.50. The summed E-state index contributed by atoms with van der Waals surface area (Å²) in [6.45, 7) is 6.36. The maximum atomic E-state index is 13.5. The molecular weight excluding hydrogens is 343 g/mol. The largest absolute Gasteiger partial charge is 0.356 e. The third-order valence-electron chi connectivity index (χ3n) is 5.13. The maximum absolute atomic E-state index is 13.5. The average Bonchev–Trinajstić information content (AvgIpc) is 2.88. The molecule has 1 aromatic heterocycles. The number of nitrogens with one attached hydrogen (secondary N) is 2. The van der Waals surface area contributed by atoms with Gasteiger partial charge in [-0.3, -0.25) is 4.99 Å². The van der Waals surface area contributed by atoms with Crippen LogP contribution in [0.2, 0.25) is 0 Å². The number of benzene rings is 1. The third kappa shape index (κ3) is 4.84. The van der Waals surface area contributed by atoms with E-state index in [1.807, 2.05) is 6.07 Å². The van der Waals surface area contributed by atoms with Crippen molar-refractivity contribution in [2.24, 2.45) is 4.99 Å². The fraction of sp³-hybridized carbons (Fsp3) is 0.550. The Bertz CT molecular complexity index is 796. The molecule has 27 heavy (non-hydrogen) atoms. The van der Waals surface area contributed by atoms with Crippen molar-refractivity contribution in [3.05, 3.63) is 47.3 Å². The van der Waals surface area contributed by atoms with Gasteiger partial charge in [-0.15, -0.1) is 10.2 Å². The standard InChI is InChI=1S/C20H29FN6/c1-20(2,15-8-7-9-16(21)12-15)14-24-19(22-3)23-13-18-26-25-17-10-5-4-6-11-27(17)18/h7-9,12H,4-6,10-11,13-14H2,1-3H3,(H2,22,23,24). The zero-order valence-corrected chi connectivity index (χ0v) is 16.4. The lowest BCUT2D eigenvalue weighted by atomic mass is 9.84. The number of fused-ring (bicyclic) bond motifs is 1. The van der Waals surface area contributed by atoms with Crippen LogP contribution >= 0.6 is 0 Å². The van der Waals surface area contributed by atoms with Crippen LogP contribution in [0.25, 0.3) is 0 Å². The van der Waals surface area contributed by atoms with E-state index in [1.54, 1.807) is 19.2 Å². The molecule has 0 radical (unpaired) electrons. The lowest BCUT2D eigenvalue weighted by molar-refractivity contribution is 0.502. The van der Waals surface area contributed by atoms with Crippen molar-refractivity contribution in [1.29, 1.82) is 0 Å². The fourth-order valence-corrected chi connectivity index (χ4v) is 3.38. The first-order valence-corrected chi connectivity index (χ1v) is 9.61. The molecule has 0 saturated carbocycles. The maximum Gasteiger partial charge on any atom is 0.191 e. The smallest absolute Gasteiger partial charge is 0.191 e. The van der Waals surface area contributed by atoms with Crippen LogP contribution in [0.5, 0.6) is 0 Å². The zero-order chi connectivity index (χ0) is 19.3. The van der Waals surface area contributed by atoms with E-state index in [1.165, 1.54) is 25.3 Å². The van der Waals surface area contributed by atoms with E-state index in [9.17, 15) is 4.39 Å². The summed E-state index contributed by atoms with van der Waals surface area (Å²) in [6.07, 6.45) is 4.60. The molecule has 0 unspecified atom stereocenters. The van der Waals surface area contributed by atoms with Gasteiger partial charge in [-0.25, -0.2) is 4.39 Å². The Labute approximate surface area is 160 Å². The number of hydrogen-bond acceptors (Lipinski definition) is 3. The second-order valence-corrected chi connectivity index (χ2v) is 7.67. The van der Waals surface area contributed by atoms with Crippen LogP contribution < -0.4 is 10.6 Å². The highest BCUT2D eigenvalue weighted by molar-refractivity contribution is 5.79. The van der Waals surface area contributed by atoms with Crippen LogP contribution in [0.15, 0.2) is 29.3 Å². The monoisotopic (exact) mass is 372 g/mol. The fourth-order valence-electron chi connectivity index (χ4n) is 3.38. The number of aryl methyl sites for hydroxylation is 1. The highest BCUT2D eigenvalue weighted by Gasteiger charge is 2.22. The van der Waals surface area contributed by atoms with Gasteiger partial charge in [-0.1, -0.05) is 32.4 Å². The minimum absolute atomic E-state index is 0.212. The number of halogens is 1. The molecule has 1 aliphatic rings. The van der Waals surface area contributed by atoms with Crippen LogP contribution in [0.1, 0.15) is 50.3 Å². The van der Waals surface area contributed by atoms with Gasteiger partial charge in [-0.2, -0.15) is 0 Å². The summed E-state index contributed by atoms with van der Waals surface area (Å²) in [7, 11) is 1.74. The van der Waals surface area contributed by atoms with Crippen LogP contribution in [-0.2, 0) is 24.9 Å². The van der Waals surface area contributed by atoms with E-state index in [0.717, 1.165) is 30.2 Å². The Kier molecular flexibility index (Phi) is 6.08. The van der Waals surface area contributed by atoms with Gasteiger partial charge in [0.05, 0.1) is 6.54 Å². The van der Waals surface area contributed by atoms with E-state index in [0.29, 0.717) is 19.0 Å². The Hall–Kier alpha value is -2.44. The van der Waals surface area contributed by atoms with Crippen molar-refractivity contribution in [2.45, 2.75) is 58.0 Å². The summed E-state index contributed by atoms with van der Waals surface area (Å²) in [6, 6.07) is 6.75. The molecule has 6 nitrogen and oxygen atoms in total. The molecule has 0 atom stereocenters. The first-order chi connectivity index (χ1) is 13.0. The van der Waals surface area contributed by atoms with Gasteiger partial charge in [0.1, 0.15) is 11.6 Å². The molecule has 2 N–H and O–H groups in total. The van der Waals surface area contributed by atoms with Crippen molar-refractivity contribution in [3.8, 4) is 0 Å². The minimum Gasteiger partial charge on any atom is -0.356 e. The van der Waals surface area contributed by atoms with E-state index in [-0.39, 0.29) is 11.2 Å². The predicted molar refractivity (Wildman–Crippen MR) is 105 cm³/mol. The van der Waals surface area contributed by atoms with Crippen molar-refractivity contribution in [2.75, 3.05) is 13.6 Å². The van der Waals surface area contributed by atoms with Gasteiger partial charge in [-0.05, 0) is 30.5 Å². The first kappa shape index (κ1) is 19.3. The molecule has 2 aromatic rings. The number of guanidine groups is 1. The molecule has 1 aromatic carbocycles. The summed E-state index contributed by atoms with van der Waals surface area (Å²) in [4.78, 5) is 4.30. The molecule has 1 aliphatic heterocycles. The SMILES string of the molecule is CN=C(NCc1nnc2n1CCCCC2)NCC(C)(C)c1cccc(F)c1. The van der Waals surface area contributed by atoms with Crippen LogP contribution in [0, 0.1) is 5.82 Å². The predicted octanol–water partition coefficient (Wildman–Crippen LogP) is 2.79. The van der Waals surface area contributed by atoms with Gasteiger partial charge >= 0.3 is 0 Å². The molecule has 7 heteroatoms. The van der Waals surface area contributed by atoms with Crippen LogP contribution in [0.4, 0.5) is 4.39 Å². The summed E-state index contributed by atoms with van der Waals surface area (Å²) in [5.74, 6) is 2.51. The quantitative estimate of drug-likeness (QED) is 0.626. The molecule has 3 rings (SSSR count). The number of nitrogens with zero attached hydrogens (tertiary/aromatic N) is 4. The Morgan fingerprint density at radius 1 is 1.22 bits per heavy atom. The van der Waals surface area contributed by atoms with Crippen molar-refractivity contribution < 1.29 is 4.39 Å². The summed E-state index contributed by atoms with van der Waals surface area (Å²) >= 11 is 0. The molecule has 0 fully saturated rings. The Balaban J connectivity index is 1.58. The van der Waals surface area contributed by atoms with Crippen molar-refractivity contribution in [1.82, 2.24) is 25.4 Å². The normalized spacial score (nSPS) is 15.2. The Morgan fingerprint density at radius 2 is 2.07 bits per heavy atom. The molecule has 0 saturated heterocycles. The highest BCUT2D eigenvalue weighted by atomic mass is 19.1. The summed E-state index contributed by atoms with van der Waals surface area (Å²) in [5.41, 5.74) is 0.722. The van der Waals surface area contributed by atoms with Crippen molar-refractivity contribution in [3.63, 3.8) is 0 Å². The summed E-state index contributed by atoms with van der Waals surface area (Å²) in [5, 5.41) is 15.3. The molecule has 0 bridgehead atoms. The average molecular weight is 372 g/mol. The second-order valence-electron chi connectivity index (χ2n) is 7.67. The molecule has 0 spiro atoms. The lowest BCUT2D eigenvalue weighted by Crippen LogP contribution is -2.43. The molecule has 2 heterocycles. The van der Waals surface area contributed by atoms with E-state index < -0.39 is 0 Å². The first-order valence-electron chi connectivity index (χ1n) is 9.61. The Morgan fingerprint density at radius 3 is 2.85 bits per heavy atom. The van der Waals surface area contributed by atoms with Crippen LogP contribution in [-0.4, -0.2) is 34.3 Å². The molecule has 0 aliphatic carbocycles. The van der Waals surface area contributed by atoms with Gasteiger partial charge in [0, 0.05) is 32.0 Å². The highest BCUT2D eigenvalue weighted by Crippen LogP contribution is 2.22. The molecular formula is C20H29FN6. The van der Waals surface area contributed by atoms with Gasteiger partial charge < -0.3 is 15.2 Å². The topological polar surface area (TPSA) is 67.1 Å².